The van der Waals surface area contributed by atoms with Crippen LogP contribution in [-0.2, 0) is 43.2 Å². The van der Waals surface area contributed by atoms with Gasteiger partial charge in [-0.1, -0.05) is 13.8 Å². The van der Waals surface area contributed by atoms with E-state index < -0.39 is 102 Å². The SMILES string of the molecule is CC(C)CC(NC(=O)C(CCCCN)NC(=O)C(C)NC(=O)C1CCCN1C(=O)C(C)N)C(=O)NC(CCCCN)C(=O)NC(C)C(=O)N1CCCC1C(=O)NCC(=O)O. The highest BCUT2D eigenvalue weighted by molar-refractivity contribution is 5.98. The number of nitrogens with one attached hydrogen (secondary N) is 6. The van der Waals surface area contributed by atoms with Gasteiger partial charge in [0, 0.05) is 13.1 Å². The lowest BCUT2D eigenvalue weighted by Gasteiger charge is -2.29. The van der Waals surface area contributed by atoms with Crippen molar-refractivity contribution in [2.24, 2.45) is 23.1 Å². The van der Waals surface area contributed by atoms with E-state index in [1.54, 1.807) is 0 Å². The molecule has 0 radical (unpaired) electrons. The fraction of sp³-hybridized carbons (Fsp3) is 0.769. The maximum absolute atomic E-state index is 13.9. The summed E-state index contributed by atoms with van der Waals surface area (Å²) in [6.45, 7) is 8.78. The number of carboxylic acids is 1. The molecule has 2 heterocycles. The van der Waals surface area contributed by atoms with E-state index in [-0.39, 0.29) is 37.6 Å². The number of rotatable bonds is 25. The van der Waals surface area contributed by atoms with Crippen LogP contribution in [0.1, 0.15) is 105 Å². The molecule has 0 aromatic heterocycles. The second kappa shape index (κ2) is 25.7. The van der Waals surface area contributed by atoms with Crippen LogP contribution in [0, 0.1) is 5.92 Å². The lowest BCUT2D eigenvalue weighted by atomic mass is 10.0. The van der Waals surface area contributed by atoms with E-state index >= 15 is 0 Å². The molecule has 21 heteroatoms. The Balaban J connectivity index is 2.19. The fourth-order valence-corrected chi connectivity index (χ4v) is 7.22. The van der Waals surface area contributed by atoms with Gasteiger partial charge in [-0.05, 0) is 110 Å². The van der Waals surface area contributed by atoms with E-state index in [9.17, 15) is 43.2 Å². The second-order valence-electron chi connectivity index (χ2n) is 16.1. The summed E-state index contributed by atoms with van der Waals surface area (Å²) in [5, 5.41) is 24.7. The van der Waals surface area contributed by atoms with Crippen molar-refractivity contribution in [3.05, 3.63) is 0 Å². The topological polar surface area (TPSA) is 331 Å². The number of likely N-dealkylation sites (tertiary alicyclic amines) is 2. The lowest BCUT2D eigenvalue weighted by molar-refractivity contribution is -0.142. The van der Waals surface area contributed by atoms with Crippen LogP contribution in [0.25, 0.3) is 0 Å². The molecule has 2 saturated heterocycles. The maximum Gasteiger partial charge on any atom is 0.322 e. The van der Waals surface area contributed by atoms with Crippen LogP contribution in [0.5, 0.6) is 0 Å². The Morgan fingerprint density at radius 1 is 0.600 bits per heavy atom. The molecule has 21 nitrogen and oxygen atoms in total. The minimum absolute atomic E-state index is 0.103. The summed E-state index contributed by atoms with van der Waals surface area (Å²) in [4.78, 5) is 120. The molecular formula is C39H69N11O10. The van der Waals surface area contributed by atoms with E-state index in [1.807, 2.05) is 13.8 Å². The molecule has 0 saturated carbocycles. The number of aliphatic carboxylic acids is 1. The highest BCUT2D eigenvalue weighted by Gasteiger charge is 2.39. The molecule has 60 heavy (non-hydrogen) atoms. The van der Waals surface area contributed by atoms with Crippen molar-refractivity contribution < 1.29 is 48.3 Å². The normalized spacial score (nSPS) is 19.3. The van der Waals surface area contributed by atoms with Gasteiger partial charge in [0.2, 0.25) is 47.3 Å². The zero-order chi connectivity index (χ0) is 45.1. The number of unbranched alkanes of at least 4 members (excludes halogenated alkanes) is 2. The summed E-state index contributed by atoms with van der Waals surface area (Å²) in [5.41, 5.74) is 17.1. The molecule has 13 N–H and O–H groups in total. The van der Waals surface area contributed by atoms with Crippen LogP contribution >= 0.6 is 0 Å². The number of carbonyl (C=O) groups excluding carboxylic acids is 8. The van der Waals surface area contributed by atoms with Gasteiger partial charge < -0.3 is 64.0 Å². The van der Waals surface area contributed by atoms with Crippen molar-refractivity contribution >= 4 is 53.2 Å². The van der Waals surface area contributed by atoms with Crippen LogP contribution < -0.4 is 49.1 Å². The highest BCUT2D eigenvalue weighted by atomic mass is 16.4. The first-order chi connectivity index (χ1) is 28.3. The van der Waals surface area contributed by atoms with E-state index in [0.29, 0.717) is 71.0 Å². The molecule has 2 fully saturated rings. The summed E-state index contributed by atoms with van der Waals surface area (Å²) < 4.78 is 0. The summed E-state index contributed by atoms with van der Waals surface area (Å²) in [6, 6.07) is -8.07. The highest BCUT2D eigenvalue weighted by Crippen LogP contribution is 2.20. The van der Waals surface area contributed by atoms with Crippen LogP contribution in [0.3, 0.4) is 0 Å². The van der Waals surface area contributed by atoms with E-state index in [2.05, 4.69) is 31.9 Å². The average molecular weight is 852 g/mol. The first-order valence-electron chi connectivity index (χ1n) is 21.1. The van der Waals surface area contributed by atoms with Crippen molar-refractivity contribution in [1.29, 1.82) is 0 Å². The van der Waals surface area contributed by atoms with Gasteiger partial charge in [-0.25, -0.2) is 0 Å². The van der Waals surface area contributed by atoms with E-state index in [1.165, 1.54) is 30.6 Å². The van der Waals surface area contributed by atoms with Gasteiger partial charge in [-0.3, -0.25) is 43.2 Å². The number of carbonyl (C=O) groups is 9. The summed E-state index contributed by atoms with van der Waals surface area (Å²) in [6.07, 6.45) is 4.30. The number of hydrogen-bond donors (Lipinski definition) is 10. The van der Waals surface area contributed by atoms with Gasteiger partial charge in [0.15, 0.2) is 0 Å². The second-order valence-corrected chi connectivity index (χ2v) is 16.1. The molecule has 0 aromatic carbocycles. The van der Waals surface area contributed by atoms with Gasteiger partial charge >= 0.3 is 5.97 Å². The number of amides is 8. The van der Waals surface area contributed by atoms with Crippen molar-refractivity contribution in [3.8, 4) is 0 Å². The maximum atomic E-state index is 13.9. The standard InChI is InChI=1S/C39H69N11O10/c1-22(2)20-28(48-34(55)27(13-7-9-17-41)46-32(53)24(4)44-37(58)30-15-11-18-49(30)38(59)23(3)42)35(56)47-26(12-6-8-16-40)33(54)45-25(5)39(60)50-19-10-14-29(50)36(57)43-21-31(51)52/h22-30H,6-21,40-42H2,1-5H3,(H,43,57)(H,44,58)(H,45,54)(H,46,53)(H,47,56)(H,48,55)(H,51,52). The third kappa shape index (κ3) is 16.3. The minimum Gasteiger partial charge on any atom is -0.480 e. The number of hydrogen-bond acceptors (Lipinski definition) is 12. The molecule has 2 aliphatic heterocycles. The Morgan fingerprint density at radius 2 is 1.07 bits per heavy atom. The van der Waals surface area contributed by atoms with Crippen LogP contribution in [0.2, 0.25) is 0 Å². The van der Waals surface area contributed by atoms with Gasteiger partial charge in [0.1, 0.15) is 48.8 Å². The average Bonchev–Trinajstić information content (AvgIpc) is 3.89. The monoisotopic (exact) mass is 852 g/mol. The van der Waals surface area contributed by atoms with Crippen molar-refractivity contribution in [1.82, 2.24) is 41.7 Å². The predicted octanol–water partition coefficient (Wildman–Crippen LogP) is -2.72. The van der Waals surface area contributed by atoms with E-state index in [0.717, 1.165) is 0 Å². The number of nitrogens with two attached hydrogens (primary N) is 3. The molecule has 340 valence electrons. The molecule has 8 amide bonds. The minimum atomic E-state index is -1.23. The summed E-state index contributed by atoms with van der Waals surface area (Å²) in [7, 11) is 0. The molecule has 8 atom stereocenters. The van der Waals surface area contributed by atoms with Gasteiger partial charge in [-0.15, -0.1) is 0 Å². The van der Waals surface area contributed by atoms with Gasteiger partial charge in [0.05, 0.1) is 6.04 Å². The van der Waals surface area contributed by atoms with Crippen LogP contribution in [0.15, 0.2) is 0 Å². The third-order valence-electron chi connectivity index (χ3n) is 10.5. The van der Waals surface area contributed by atoms with Crippen LogP contribution in [0.4, 0.5) is 0 Å². The molecule has 2 aliphatic rings. The Kier molecular flexibility index (Phi) is 21.9. The smallest absolute Gasteiger partial charge is 0.322 e. The Hall–Kier alpha value is -4.89. The number of nitrogens with zero attached hydrogens (tertiary/aromatic N) is 2. The Labute approximate surface area is 352 Å². The molecule has 2 rings (SSSR count). The first-order valence-corrected chi connectivity index (χ1v) is 21.1. The largest absolute Gasteiger partial charge is 0.480 e. The zero-order valence-corrected chi connectivity index (χ0v) is 35.8. The molecule has 0 aromatic rings. The van der Waals surface area contributed by atoms with Crippen molar-refractivity contribution in [3.63, 3.8) is 0 Å². The Morgan fingerprint density at radius 3 is 1.57 bits per heavy atom. The predicted molar refractivity (Wildman–Crippen MR) is 220 cm³/mol. The van der Waals surface area contributed by atoms with Crippen molar-refractivity contribution in [2.75, 3.05) is 32.7 Å². The molecular weight excluding hydrogens is 782 g/mol. The Bertz CT molecular complexity index is 1510. The molecule has 8 unspecified atom stereocenters. The molecule has 0 spiro atoms. The van der Waals surface area contributed by atoms with Crippen molar-refractivity contribution in [2.45, 2.75) is 154 Å². The van der Waals surface area contributed by atoms with Crippen LogP contribution in [-0.4, -0.2) is 149 Å². The third-order valence-corrected chi connectivity index (χ3v) is 10.5. The fourth-order valence-electron chi connectivity index (χ4n) is 7.22. The van der Waals surface area contributed by atoms with E-state index in [4.69, 9.17) is 22.3 Å². The summed E-state index contributed by atoms with van der Waals surface area (Å²) >= 11 is 0. The quantitative estimate of drug-likeness (QED) is 0.0418. The van der Waals surface area contributed by atoms with Gasteiger partial charge in [-0.2, -0.15) is 0 Å². The summed E-state index contributed by atoms with van der Waals surface area (Å²) in [5.74, 6) is -6.07. The molecule has 0 bridgehead atoms. The van der Waals surface area contributed by atoms with Gasteiger partial charge in [0.25, 0.3) is 0 Å². The number of carboxylic acid groups (broad SMARTS) is 1. The molecule has 0 aliphatic carbocycles. The first kappa shape index (κ1) is 51.3. The lowest BCUT2D eigenvalue weighted by Crippen LogP contribution is -2.59. The zero-order valence-electron chi connectivity index (χ0n) is 35.8.